The molecule has 0 spiro atoms. The Hall–Kier alpha value is -0.710. The van der Waals surface area contributed by atoms with Crippen LogP contribution in [0.3, 0.4) is 0 Å². The van der Waals surface area contributed by atoms with Gasteiger partial charge < -0.3 is 10.4 Å². The topological polar surface area (TPSA) is 66.4 Å². The number of carbonyl (C=O) groups excluding carboxylic acids is 1. The number of aliphatic carboxylic acids is 1. The maximum absolute atomic E-state index is 11.9. The number of thioether (sulfide) groups is 1. The van der Waals surface area contributed by atoms with Crippen molar-refractivity contribution < 1.29 is 14.7 Å². The average molecular weight is 273 g/mol. The van der Waals surface area contributed by atoms with Crippen LogP contribution in [-0.4, -0.2) is 34.5 Å². The van der Waals surface area contributed by atoms with Gasteiger partial charge in [-0.15, -0.1) is 0 Å². The third kappa shape index (κ3) is 5.76. The summed E-state index contributed by atoms with van der Waals surface area (Å²) >= 11 is 1.94. The molecule has 0 aromatic rings. The summed E-state index contributed by atoms with van der Waals surface area (Å²) in [7, 11) is 0. The van der Waals surface area contributed by atoms with Crippen molar-refractivity contribution in [1.29, 1.82) is 0 Å². The van der Waals surface area contributed by atoms with E-state index in [0.717, 1.165) is 24.3 Å². The lowest BCUT2D eigenvalue weighted by molar-refractivity contribution is -0.138. The van der Waals surface area contributed by atoms with Crippen LogP contribution in [-0.2, 0) is 9.59 Å². The van der Waals surface area contributed by atoms with Crippen LogP contribution < -0.4 is 5.32 Å². The SMILES string of the molecule is CC(C)C(CC(=O)O)NC(=O)CC1CCSCC1. The van der Waals surface area contributed by atoms with Crippen LogP contribution in [0.1, 0.15) is 39.5 Å². The fraction of sp³-hybridized carbons (Fsp3) is 0.846. The van der Waals surface area contributed by atoms with Crippen LogP contribution in [0.15, 0.2) is 0 Å². The van der Waals surface area contributed by atoms with Gasteiger partial charge in [0.05, 0.1) is 6.42 Å². The van der Waals surface area contributed by atoms with E-state index in [1.54, 1.807) is 0 Å². The molecule has 0 aromatic heterocycles. The molecule has 0 radical (unpaired) electrons. The average Bonchev–Trinajstić information content (AvgIpc) is 2.28. The molecule has 1 atom stereocenters. The van der Waals surface area contributed by atoms with Crippen LogP contribution in [0, 0.1) is 11.8 Å². The van der Waals surface area contributed by atoms with Gasteiger partial charge in [-0.05, 0) is 36.2 Å². The first kappa shape index (κ1) is 15.3. The molecule has 0 bridgehead atoms. The minimum atomic E-state index is -0.858. The Labute approximate surface area is 113 Å². The Morgan fingerprint density at radius 3 is 2.44 bits per heavy atom. The van der Waals surface area contributed by atoms with Gasteiger partial charge in [-0.25, -0.2) is 0 Å². The quantitative estimate of drug-likeness (QED) is 0.778. The predicted molar refractivity (Wildman–Crippen MR) is 73.7 cm³/mol. The Bertz CT molecular complexity index is 288. The maximum atomic E-state index is 11.9. The Balaban J connectivity index is 2.37. The second-order valence-electron chi connectivity index (χ2n) is 5.28. The largest absolute Gasteiger partial charge is 0.481 e. The van der Waals surface area contributed by atoms with E-state index in [1.807, 2.05) is 25.6 Å². The fourth-order valence-electron chi connectivity index (χ4n) is 2.12. The molecule has 0 aliphatic carbocycles. The number of carbonyl (C=O) groups is 2. The predicted octanol–water partition coefficient (Wildman–Crippen LogP) is 2.14. The molecule has 1 heterocycles. The van der Waals surface area contributed by atoms with Crippen molar-refractivity contribution in [3.8, 4) is 0 Å². The van der Waals surface area contributed by atoms with Crippen molar-refractivity contribution in [2.45, 2.75) is 45.6 Å². The number of nitrogens with one attached hydrogen (secondary N) is 1. The van der Waals surface area contributed by atoms with Crippen LogP contribution in [0.2, 0.25) is 0 Å². The highest BCUT2D eigenvalue weighted by Gasteiger charge is 2.22. The van der Waals surface area contributed by atoms with Crippen molar-refractivity contribution >= 4 is 23.6 Å². The van der Waals surface area contributed by atoms with E-state index in [-0.39, 0.29) is 24.3 Å². The third-order valence-corrected chi connectivity index (χ3v) is 4.41. The standard InChI is InChI=1S/C13H23NO3S/c1-9(2)11(8-13(16)17)14-12(15)7-10-3-5-18-6-4-10/h9-11H,3-8H2,1-2H3,(H,14,15)(H,16,17). The van der Waals surface area contributed by atoms with E-state index in [2.05, 4.69) is 5.32 Å². The molecule has 1 rings (SSSR count). The molecule has 104 valence electrons. The Morgan fingerprint density at radius 2 is 1.94 bits per heavy atom. The molecule has 5 heteroatoms. The Kier molecular flexibility index (Phi) is 6.54. The minimum absolute atomic E-state index is 0.00389. The molecular weight excluding hydrogens is 250 g/mol. The molecule has 1 fully saturated rings. The highest BCUT2D eigenvalue weighted by atomic mass is 32.2. The lowest BCUT2D eigenvalue weighted by Gasteiger charge is -2.24. The summed E-state index contributed by atoms with van der Waals surface area (Å²) in [6, 6.07) is -0.257. The summed E-state index contributed by atoms with van der Waals surface area (Å²) in [4.78, 5) is 22.6. The summed E-state index contributed by atoms with van der Waals surface area (Å²) in [5.41, 5.74) is 0. The smallest absolute Gasteiger partial charge is 0.305 e. The van der Waals surface area contributed by atoms with Crippen LogP contribution >= 0.6 is 11.8 Å². The van der Waals surface area contributed by atoms with Gasteiger partial charge in [0.15, 0.2) is 0 Å². The van der Waals surface area contributed by atoms with E-state index < -0.39 is 5.97 Å². The monoisotopic (exact) mass is 273 g/mol. The van der Waals surface area contributed by atoms with Gasteiger partial charge in [0.25, 0.3) is 0 Å². The molecule has 0 saturated carbocycles. The lowest BCUT2D eigenvalue weighted by atomic mass is 9.96. The molecule has 1 saturated heterocycles. The molecule has 1 aliphatic heterocycles. The zero-order valence-electron chi connectivity index (χ0n) is 11.1. The molecule has 1 unspecified atom stereocenters. The van der Waals surface area contributed by atoms with Crippen LogP contribution in [0.5, 0.6) is 0 Å². The number of hydrogen-bond donors (Lipinski definition) is 2. The van der Waals surface area contributed by atoms with Gasteiger partial charge in [0.2, 0.25) is 5.91 Å². The van der Waals surface area contributed by atoms with Gasteiger partial charge in [0, 0.05) is 12.5 Å². The van der Waals surface area contributed by atoms with E-state index >= 15 is 0 Å². The summed E-state index contributed by atoms with van der Waals surface area (Å²) in [6.45, 7) is 3.87. The van der Waals surface area contributed by atoms with Crippen molar-refractivity contribution in [2.24, 2.45) is 11.8 Å². The highest BCUT2D eigenvalue weighted by molar-refractivity contribution is 7.99. The van der Waals surface area contributed by atoms with Gasteiger partial charge >= 0.3 is 5.97 Å². The normalized spacial score (nSPS) is 18.6. The summed E-state index contributed by atoms with van der Waals surface area (Å²) in [5, 5.41) is 11.7. The zero-order valence-corrected chi connectivity index (χ0v) is 12.0. The van der Waals surface area contributed by atoms with Gasteiger partial charge in [0.1, 0.15) is 0 Å². The molecule has 1 amide bonds. The summed E-state index contributed by atoms with van der Waals surface area (Å²) in [6.07, 6.45) is 2.75. The van der Waals surface area contributed by atoms with Crippen LogP contribution in [0.4, 0.5) is 0 Å². The maximum Gasteiger partial charge on any atom is 0.305 e. The second-order valence-corrected chi connectivity index (χ2v) is 6.50. The molecule has 4 nitrogen and oxygen atoms in total. The van der Waals surface area contributed by atoms with Gasteiger partial charge in [-0.3, -0.25) is 9.59 Å². The third-order valence-electron chi connectivity index (χ3n) is 3.36. The minimum Gasteiger partial charge on any atom is -0.481 e. The van der Waals surface area contributed by atoms with Gasteiger partial charge in [-0.1, -0.05) is 13.8 Å². The van der Waals surface area contributed by atoms with E-state index in [4.69, 9.17) is 5.11 Å². The van der Waals surface area contributed by atoms with E-state index in [0.29, 0.717) is 12.3 Å². The summed E-state index contributed by atoms with van der Waals surface area (Å²) in [5.74, 6) is 2.05. The first-order chi connectivity index (χ1) is 8.49. The van der Waals surface area contributed by atoms with Crippen LogP contribution in [0.25, 0.3) is 0 Å². The number of amides is 1. The molecule has 2 N–H and O–H groups in total. The van der Waals surface area contributed by atoms with E-state index in [9.17, 15) is 9.59 Å². The fourth-order valence-corrected chi connectivity index (χ4v) is 3.32. The first-order valence-electron chi connectivity index (χ1n) is 6.58. The van der Waals surface area contributed by atoms with E-state index in [1.165, 1.54) is 0 Å². The number of rotatable bonds is 6. The molecule has 1 aliphatic rings. The number of carboxylic acid groups (broad SMARTS) is 1. The number of hydrogen-bond acceptors (Lipinski definition) is 3. The molecule has 18 heavy (non-hydrogen) atoms. The molecule has 0 aromatic carbocycles. The first-order valence-corrected chi connectivity index (χ1v) is 7.73. The molecular formula is C13H23NO3S. The second kappa shape index (κ2) is 7.67. The van der Waals surface area contributed by atoms with Crippen molar-refractivity contribution in [2.75, 3.05) is 11.5 Å². The Morgan fingerprint density at radius 1 is 1.33 bits per heavy atom. The summed E-state index contributed by atoms with van der Waals surface area (Å²) < 4.78 is 0. The number of carboxylic acids is 1. The van der Waals surface area contributed by atoms with Crippen molar-refractivity contribution in [3.05, 3.63) is 0 Å². The highest BCUT2D eigenvalue weighted by Crippen LogP contribution is 2.25. The van der Waals surface area contributed by atoms with Crippen molar-refractivity contribution in [3.63, 3.8) is 0 Å². The zero-order chi connectivity index (χ0) is 13.5. The van der Waals surface area contributed by atoms with Gasteiger partial charge in [-0.2, -0.15) is 11.8 Å². The van der Waals surface area contributed by atoms with Crippen molar-refractivity contribution in [1.82, 2.24) is 5.32 Å². The lowest BCUT2D eigenvalue weighted by Crippen LogP contribution is -2.40.